The molecule has 10 nitrogen and oxygen atoms in total. The second-order valence-corrected chi connectivity index (χ2v) is 10.5. The molecular weight excluding hydrogens is 551 g/mol. The Morgan fingerprint density at radius 1 is 0.952 bits per heavy atom. The largest absolute Gasteiger partial charge is 0.573 e. The van der Waals surface area contributed by atoms with Crippen LogP contribution in [0.1, 0.15) is 47.2 Å². The molecule has 1 aliphatic rings. The molecule has 0 unspecified atom stereocenters. The number of carbonyl (C=O) groups is 2. The van der Waals surface area contributed by atoms with E-state index in [0.29, 0.717) is 22.8 Å². The summed E-state index contributed by atoms with van der Waals surface area (Å²) in [5.74, 6) is 0.680. The Morgan fingerprint density at radius 3 is 2.26 bits per heavy atom. The number of carbonyl (C=O) groups excluding carboxylic acids is 2. The predicted octanol–water partition coefficient (Wildman–Crippen LogP) is 5.86. The Bertz CT molecular complexity index is 1410. The van der Waals surface area contributed by atoms with Gasteiger partial charge in [0.2, 0.25) is 5.95 Å². The Balaban J connectivity index is 1.35. The van der Waals surface area contributed by atoms with E-state index in [1.54, 1.807) is 19.2 Å². The summed E-state index contributed by atoms with van der Waals surface area (Å²) >= 11 is 0. The number of alkyl halides is 3. The number of nitrogens with one attached hydrogen (secondary N) is 4. The summed E-state index contributed by atoms with van der Waals surface area (Å²) in [5.41, 5.74) is 2.47. The van der Waals surface area contributed by atoms with E-state index in [4.69, 9.17) is 0 Å². The highest BCUT2D eigenvalue weighted by atomic mass is 19.4. The van der Waals surface area contributed by atoms with Crippen molar-refractivity contribution in [2.75, 3.05) is 34.9 Å². The van der Waals surface area contributed by atoms with Gasteiger partial charge in [0.1, 0.15) is 11.6 Å². The highest BCUT2D eigenvalue weighted by molar-refractivity contribution is 6.07. The molecule has 0 atom stereocenters. The van der Waals surface area contributed by atoms with Crippen LogP contribution in [0.4, 0.5) is 41.1 Å². The molecular formula is C29H34F3N7O3. The first-order valence-electron chi connectivity index (χ1n) is 13.5. The minimum atomic E-state index is -4.81. The number of benzene rings is 2. The molecule has 3 amide bonds. The number of amides is 3. The number of anilines is 4. The first kappa shape index (κ1) is 30.4. The number of rotatable bonds is 8. The number of halogens is 3. The SMILES string of the molecule is Cc1cc(C)c(NC(=O)Nc2ccc(OC(F)(F)F)cc2)c(C(=O)NC2CCC(Nc3nccc(N(C)C)n3)CC2)c1. The van der Waals surface area contributed by atoms with Gasteiger partial charge in [0.15, 0.2) is 0 Å². The van der Waals surface area contributed by atoms with Gasteiger partial charge in [0, 0.05) is 38.1 Å². The maximum absolute atomic E-state index is 13.4. The van der Waals surface area contributed by atoms with E-state index in [0.717, 1.165) is 49.2 Å². The first-order chi connectivity index (χ1) is 19.9. The van der Waals surface area contributed by atoms with E-state index in [2.05, 4.69) is 36.0 Å². The molecule has 1 fully saturated rings. The lowest BCUT2D eigenvalue weighted by Gasteiger charge is -2.30. The third kappa shape index (κ3) is 8.48. The van der Waals surface area contributed by atoms with Crippen molar-refractivity contribution < 1.29 is 27.5 Å². The predicted molar refractivity (Wildman–Crippen MR) is 155 cm³/mol. The third-order valence-electron chi connectivity index (χ3n) is 6.80. The van der Waals surface area contributed by atoms with Crippen LogP contribution in [0.3, 0.4) is 0 Å². The summed E-state index contributed by atoms with van der Waals surface area (Å²) in [6.45, 7) is 3.65. The smallest absolute Gasteiger partial charge is 0.406 e. The van der Waals surface area contributed by atoms with Gasteiger partial charge < -0.3 is 30.9 Å². The van der Waals surface area contributed by atoms with Crippen molar-refractivity contribution in [3.63, 3.8) is 0 Å². The van der Waals surface area contributed by atoms with E-state index >= 15 is 0 Å². The Hall–Kier alpha value is -4.55. The number of aryl methyl sites for hydroxylation is 2. The van der Waals surface area contributed by atoms with Crippen molar-refractivity contribution in [2.24, 2.45) is 0 Å². The molecule has 0 radical (unpaired) electrons. The molecule has 1 saturated carbocycles. The molecule has 224 valence electrons. The number of ether oxygens (including phenoxy) is 1. The summed E-state index contributed by atoms with van der Waals surface area (Å²) in [5, 5.41) is 11.8. The molecule has 1 heterocycles. The summed E-state index contributed by atoms with van der Waals surface area (Å²) < 4.78 is 41.1. The zero-order valence-corrected chi connectivity index (χ0v) is 23.8. The van der Waals surface area contributed by atoms with Crippen molar-refractivity contribution in [1.82, 2.24) is 15.3 Å². The lowest BCUT2D eigenvalue weighted by atomic mass is 9.91. The van der Waals surface area contributed by atoms with Crippen LogP contribution >= 0.6 is 0 Å². The lowest BCUT2D eigenvalue weighted by Crippen LogP contribution is -2.40. The number of hydrogen-bond acceptors (Lipinski definition) is 7. The van der Waals surface area contributed by atoms with Gasteiger partial charge in [-0.25, -0.2) is 9.78 Å². The summed E-state index contributed by atoms with van der Waals surface area (Å²) in [7, 11) is 3.84. The van der Waals surface area contributed by atoms with Gasteiger partial charge in [-0.15, -0.1) is 13.2 Å². The average Bonchev–Trinajstić information content (AvgIpc) is 2.91. The number of nitrogens with zero attached hydrogens (tertiary/aromatic N) is 3. The van der Waals surface area contributed by atoms with E-state index in [1.165, 1.54) is 12.1 Å². The van der Waals surface area contributed by atoms with Crippen molar-refractivity contribution in [2.45, 2.75) is 58.0 Å². The lowest BCUT2D eigenvalue weighted by molar-refractivity contribution is -0.274. The number of hydrogen-bond donors (Lipinski definition) is 4. The molecule has 13 heteroatoms. The molecule has 1 aromatic heterocycles. The number of aromatic nitrogens is 2. The van der Waals surface area contributed by atoms with Crippen LogP contribution in [0.2, 0.25) is 0 Å². The highest BCUT2D eigenvalue weighted by Gasteiger charge is 2.31. The Morgan fingerprint density at radius 2 is 1.62 bits per heavy atom. The van der Waals surface area contributed by atoms with Crippen molar-refractivity contribution in [3.05, 3.63) is 65.4 Å². The highest BCUT2D eigenvalue weighted by Crippen LogP contribution is 2.27. The molecule has 2 aromatic carbocycles. The van der Waals surface area contributed by atoms with Gasteiger partial charge in [-0.2, -0.15) is 4.98 Å². The van der Waals surface area contributed by atoms with Gasteiger partial charge in [-0.3, -0.25) is 4.79 Å². The van der Waals surface area contributed by atoms with Crippen LogP contribution < -0.4 is 30.9 Å². The van der Waals surface area contributed by atoms with Gasteiger partial charge in [0.05, 0.1) is 11.3 Å². The van der Waals surface area contributed by atoms with Crippen LogP contribution in [0.5, 0.6) is 5.75 Å². The van der Waals surface area contributed by atoms with Gasteiger partial charge >= 0.3 is 12.4 Å². The second kappa shape index (κ2) is 13.0. The molecule has 0 spiro atoms. The summed E-state index contributed by atoms with van der Waals surface area (Å²) in [4.78, 5) is 36.9. The first-order valence-corrected chi connectivity index (χ1v) is 13.5. The molecule has 3 aromatic rings. The van der Waals surface area contributed by atoms with Crippen molar-refractivity contribution in [3.8, 4) is 5.75 Å². The molecule has 42 heavy (non-hydrogen) atoms. The fourth-order valence-corrected chi connectivity index (χ4v) is 4.82. The van der Waals surface area contributed by atoms with E-state index in [9.17, 15) is 22.8 Å². The van der Waals surface area contributed by atoms with E-state index in [1.807, 2.05) is 38.1 Å². The second-order valence-electron chi connectivity index (χ2n) is 10.5. The normalized spacial score (nSPS) is 16.7. The van der Waals surface area contributed by atoms with Crippen LogP contribution in [-0.4, -0.2) is 54.4 Å². The Kier molecular flexibility index (Phi) is 9.38. The zero-order chi connectivity index (χ0) is 30.4. The van der Waals surface area contributed by atoms with Crippen LogP contribution in [0, 0.1) is 13.8 Å². The minimum Gasteiger partial charge on any atom is -0.406 e. The maximum atomic E-state index is 13.4. The third-order valence-corrected chi connectivity index (χ3v) is 6.80. The zero-order valence-electron chi connectivity index (χ0n) is 23.8. The van der Waals surface area contributed by atoms with Crippen LogP contribution in [0.25, 0.3) is 0 Å². The monoisotopic (exact) mass is 585 g/mol. The Labute approximate surface area is 242 Å². The minimum absolute atomic E-state index is 0.0375. The standard InChI is InChI=1S/C29H34F3N7O3/c1-17-15-18(2)25(38-28(41)36-21-9-11-22(12-10-21)42-29(30,31)32)23(16-17)26(40)34-19-5-7-20(8-6-19)35-27-33-14-13-24(37-27)39(3)4/h9-16,19-20H,5-8H2,1-4H3,(H,34,40)(H,33,35,37)(H2,36,38,41). The average molecular weight is 586 g/mol. The summed E-state index contributed by atoms with van der Waals surface area (Å²) in [6, 6.07) is 9.66. The molecule has 4 rings (SSSR count). The van der Waals surface area contributed by atoms with E-state index in [-0.39, 0.29) is 23.7 Å². The van der Waals surface area contributed by atoms with Crippen molar-refractivity contribution in [1.29, 1.82) is 0 Å². The van der Waals surface area contributed by atoms with Gasteiger partial charge in [0.25, 0.3) is 5.91 Å². The molecule has 0 bridgehead atoms. The van der Waals surface area contributed by atoms with Crippen molar-refractivity contribution >= 4 is 35.1 Å². The molecule has 0 aliphatic heterocycles. The summed E-state index contributed by atoms with van der Waals surface area (Å²) in [6.07, 6.45) is 0.0878. The molecule has 1 aliphatic carbocycles. The quantitative estimate of drug-likeness (QED) is 0.262. The fourth-order valence-electron chi connectivity index (χ4n) is 4.82. The van der Waals surface area contributed by atoms with Gasteiger partial charge in [-0.1, -0.05) is 6.07 Å². The van der Waals surface area contributed by atoms with Gasteiger partial charge in [-0.05, 0) is 87.1 Å². The van der Waals surface area contributed by atoms with E-state index < -0.39 is 18.1 Å². The van der Waals surface area contributed by atoms with Crippen LogP contribution in [0.15, 0.2) is 48.7 Å². The fraction of sp³-hybridized carbons (Fsp3) is 0.379. The number of urea groups is 1. The molecule has 0 saturated heterocycles. The van der Waals surface area contributed by atoms with Crippen LogP contribution in [-0.2, 0) is 0 Å². The topological polar surface area (TPSA) is 121 Å². The maximum Gasteiger partial charge on any atom is 0.573 e. The molecule has 4 N–H and O–H groups in total.